The molecular weight excluding hydrogens is 288 g/mol. The number of rotatable bonds is 12. The third-order valence-electron chi connectivity index (χ3n) is 5.47. The van der Waals surface area contributed by atoms with Gasteiger partial charge in [0.1, 0.15) is 6.10 Å². The van der Waals surface area contributed by atoms with Gasteiger partial charge in [0.15, 0.2) is 0 Å². The zero-order valence-corrected chi connectivity index (χ0v) is 15.1. The molecule has 1 N–H and O–H groups in total. The standard InChI is InChI=1S/C20H36O3/c1-3-5-7-8-10-12-17-18(20-15-19(17)22-23-20)14-13-16(21)11-9-6-4-2/h13-14,16-21H,3-12,15H2,1-2H3/b14-13+/t16-,17-,18-,19+,20+/m1/s1. The van der Waals surface area contributed by atoms with Gasteiger partial charge in [0, 0.05) is 12.3 Å². The van der Waals surface area contributed by atoms with Crippen LogP contribution in [0.4, 0.5) is 0 Å². The molecule has 0 radical (unpaired) electrons. The van der Waals surface area contributed by atoms with Crippen LogP contribution in [0.2, 0.25) is 0 Å². The van der Waals surface area contributed by atoms with Crippen molar-refractivity contribution in [2.45, 2.75) is 103 Å². The van der Waals surface area contributed by atoms with E-state index in [1.165, 1.54) is 51.4 Å². The zero-order chi connectivity index (χ0) is 16.5. The molecule has 5 atom stereocenters. The highest BCUT2D eigenvalue weighted by atomic mass is 17.2. The van der Waals surface area contributed by atoms with Crippen LogP contribution in [0.25, 0.3) is 0 Å². The summed E-state index contributed by atoms with van der Waals surface area (Å²) in [4.78, 5) is 10.9. The Morgan fingerprint density at radius 1 is 0.957 bits per heavy atom. The highest BCUT2D eigenvalue weighted by Gasteiger charge is 2.49. The molecule has 0 unspecified atom stereocenters. The fourth-order valence-corrected chi connectivity index (χ4v) is 4.03. The van der Waals surface area contributed by atoms with Crippen LogP contribution in [0.1, 0.15) is 84.5 Å². The Hall–Kier alpha value is -0.380. The molecule has 1 heterocycles. The minimum atomic E-state index is -0.299. The van der Waals surface area contributed by atoms with E-state index < -0.39 is 0 Å². The summed E-state index contributed by atoms with van der Waals surface area (Å²) in [7, 11) is 0. The highest BCUT2D eigenvalue weighted by molar-refractivity contribution is 5.06. The summed E-state index contributed by atoms with van der Waals surface area (Å²) in [5.74, 6) is 1.01. The van der Waals surface area contributed by atoms with Gasteiger partial charge in [0.2, 0.25) is 0 Å². The first-order valence-electron chi connectivity index (χ1n) is 9.94. The molecule has 0 aromatic heterocycles. The van der Waals surface area contributed by atoms with Gasteiger partial charge in [0.05, 0.1) is 12.2 Å². The van der Waals surface area contributed by atoms with Gasteiger partial charge in [-0.25, -0.2) is 9.78 Å². The molecule has 0 spiro atoms. The molecule has 2 rings (SSSR count). The average Bonchev–Trinajstić information content (AvgIpc) is 3.14. The average molecular weight is 325 g/mol. The van der Waals surface area contributed by atoms with Gasteiger partial charge in [-0.15, -0.1) is 0 Å². The summed E-state index contributed by atoms with van der Waals surface area (Å²) in [6.07, 6.45) is 17.7. The fourth-order valence-electron chi connectivity index (χ4n) is 4.03. The van der Waals surface area contributed by atoms with Crippen molar-refractivity contribution in [1.82, 2.24) is 0 Å². The molecule has 1 aliphatic carbocycles. The van der Waals surface area contributed by atoms with Crippen molar-refractivity contribution in [1.29, 1.82) is 0 Å². The minimum Gasteiger partial charge on any atom is -0.389 e. The maximum Gasteiger partial charge on any atom is 0.102 e. The topological polar surface area (TPSA) is 38.7 Å². The fraction of sp³-hybridized carbons (Fsp3) is 0.900. The van der Waals surface area contributed by atoms with E-state index in [0.29, 0.717) is 11.8 Å². The largest absolute Gasteiger partial charge is 0.389 e. The SMILES string of the molecule is CCCCCCC[C@@H]1[C@@H](/C=C/[C@H](O)CCCCC)[C@@H]2C[C@@H]1OO2. The molecule has 1 aliphatic heterocycles. The first-order chi connectivity index (χ1) is 11.3. The number of fused-ring (bicyclic) bond motifs is 2. The number of aliphatic hydroxyl groups excluding tert-OH is 1. The number of unbranched alkanes of at least 4 members (excludes halogenated alkanes) is 6. The van der Waals surface area contributed by atoms with Crippen molar-refractivity contribution in [3.05, 3.63) is 12.2 Å². The van der Waals surface area contributed by atoms with Crippen LogP contribution in [0.5, 0.6) is 0 Å². The maximum absolute atomic E-state index is 10.1. The minimum absolute atomic E-state index is 0.208. The van der Waals surface area contributed by atoms with Crippen molar-refractivity contribution in [3.8, 4) is 0 Å². The normalized spacial score (nSPS) is 31.3. The van der Waals surface area contributed by atoms with E-state index in [2.05, 4.69) is 19.9 Å². The molecule has 2 aliphatic rings. The highest BCUT2D eigenvalue weighted by Crippen LogP contribution is 2.45. The molecule has 3 heteroatoms. The molecule has 0 aromatic rings. The Labute approximate surface area is 142 Å². The predicted octanol–water partition coefficient (Wildman–Crippen LogP) is 5.18. The molecule has 1 saturated carbocycles. The van der Waals surface area contributed by atoms with Gasteiger partial charge in [-0.2, -0.15) is 0 Å². The maximum atomic E-state index is 10.1. The summed E-state index contributed by atoms with van der Waals surface area (Å²) in [6, 6.07) is 0. The number of hydrogen-bond donors (Lipinski definition) is 1. The van der Waals surface area contributed by atoms with E-state index in [9.17, 15) is 5.11 Å². The van der Waals surface area contributed by atoms with E-state index in [1.54, 1.807) is 0 Å². The van der Waals surface area contributed by atoms with E-state index >= 15 is 0 Å². The van der Waals surface area contributed by atoms with Crippen LogP contribution in [0.3, 0.4) is 0 Å². The smallest absolute Gasteiger partial charge is 0.102 e. The third kappa shape index (κ3) is 5.88. The van der Waals surface area contributed by atoms with Gasteiger partial charge >= 0.3 is 0 Å². The van der Waals surface area contributed by atoms with Crippen LogP contribution >= 0.6 is 0 Å². The molecule has 0 amide bonds. The Balaban J connectivity index is 1.76. The number of aliphatic hydroxyl groups is 1. The first-order valence-corrected chi connectivity index (χ1v) is 9.94. The van der Waals surface area contributed by atoms with Crippen molar-refractivity contribution in [3.63, 3.8) is 0 Å². The second-order valence-electron chi connectivity index (χ2n) is 7.40. The Kier molecular flexibility index (Phi) is 8.63. The lowest BCUT2D eigenvalue weighted by Gasteiger charge is -2.28. The van der Waals surface area contributed by atoms with Crippen LogP contribution in [0, 0.1) is 11.8 Å². The van der Waals surface area contributed by atoms with Crippen LogP contribution in [-0.4, -0.2) is 23.4 Å². The van der Waals surface area contributed by atoms with E-state index in [0.717, 1.165) is 19.3 Å². The van der Waals surface area contributed by atoms with Crippen molar-refractivity contribution in [2.24, 2.45) is 11.8 Å². The van der Waals surface area contributed by atoms with Gasteiger partial charge < -0.3 is 5.11 Å². The summed E-state index contributed by atoms with van der Waals surface area (Å²) in [5.41, 5.74) is 0. The quantitative estimate of drug-likeness (QED) is 0.305. The summed E-state index contributed by atoms with van der Waals surface area (Å²) in [6.45, 7) is 4.45. The summed E-state index contributed by atoms with van der Waals surface area (Å²) < 4.78 is 0. The molecular formula is C20H36O3. The van der Waals surface area contributed by atoms with Gasteiger partial charge in [0.25, 0.3) is 0 Å². The van der Waals surface area contributed by atoms with Crippen LogP contribution in [-0.2, 0) is 9.78 Å². The Morgan fingerprint density at radius 2 is 1.65 bits per heavy atom. The second-order valence-corrected chi connectivity index (χ2v) is 7.40. The van der Waals surface area contributed by atoms with Crippen LogP contribution in [0.15, 0.2) is 12.2 Å². The molecule has 0 aromatic carbocycles. The third-order valence-corrected chi connectivity index (χ3v) is 5.47. The van der Waals surface area contributed by atoms with Crippen molar-refractivity contribution in [2.75, 3.05) is 0 Å². The Bertz CT molecular complexity index is 342. The van der Waals surface area contributed by atoms with E-state index in [1.807, 2.05) is 6.08 Å². The van der Waals surface area contributed by atoms with Gasteiger partial charge in [-0.1, -0.05) is 77.4 Å². The zero-order valence-electron chi connectivity index (χ0n) is 15.1. The second kappa shape index (κ2) is 10.5. The Morgan fingerprint density at radius 3 is 2.43 bits per heavy atom. The van der Waals surface area contributed by atoms with E-state index in [-0.39, 0.29) is 18.3 Å². The van der Waals surface area contributed by atoms with Crippen LogP contribution < -0.4 is 0 Å². The lowest BCUT2D eigenvalue weighted by molar-refractivity contribution is -0.337. The van der Waals surface area contributed by atoms with Crippen molar-refractivity contribution < 1.29 is 14.9 Å². The molecule has 23 heavy (non-hydrogen) atoms. The van der Waals surface area contributed by atoms with Crippen molar-refractivity contribution >= 4 is 0 Å². The van der Waals surface area contributed by atoms with Gasteiger partial charge in [-0.3, -0.25) is 0 Å². The molecule has 3 nitrogen and oxygen atoms in total. The molecule has 134 valence electrons. The molecule has 2 bridgehead atoms. The summed E-state index contributed by atoms with van der Waals surface area (Å²) >= 11 is 0. The molecule has 2 fully saturated rings. The lowest BCUT2D eigenvalue weighted by Crippen LogP contribution is -2.29. The number of hydrogen-bond acceptors (Lipinski definition) is 3. The predicted molar refractivity (Wildman–Crippen MR) is 94.0 cm³/mol. The van der Waals surface area contributed by atoms with E-state index in [4.69, 9.17) is 9.78 Å². The molecule has 1 saturated heterocycles. The monoisotopic (exact) mass is 324 g/mol. The van der Waals surface area contributed by atoms with Gasteiger partial charge in [-0.05, 0) is 18.8 Å². The lowest BCUT2D eigenvalue weighted by atomic mass is 9.87. The first kappa shape index (κ1) is 19.0. The summed E-state index contributed by atoms with van der Waals surface area (Å²) in [5, 5.41) is 10.1.